The fourth-order valence-corrected chi connectivity index (χ4v) is 3.32. The Kier molecular flexibility index (Phi) is 4.63. The number of aromatic hydroxyl groups is 1. The first-order valence-electron chi connectivity index (χ1n) is 7.77. The molecule has 0 aromatic carbocycles. The van der Waals surface area contributed by atoms with Crippen LogP contribution in [0.5, 0.6) is 5.88 Å². The van der Waals surface area contributed by atoms with Crippen LogP contribution >= 0.6 is 11.6 Å². The summed E-state index contributed by atoms with van der Waals surface area (Å²) in [5.41, 5.74) is 0.794. The molecule has 132 valence electrons. The number of hydrogen-bond acceptors (Lipinski definition) is 5. The fourth-order valence-electron chi connectivity index (χ4n) is 3.10. The first-order chi connectivity index (χ1) is 11.9. The molecular formula is C16H17ClN4O4. The van der Waals surface area contributed by atoms with Crippen LogP contribution in [0.15, 0.2) is 18.3 Å². The topological polar surface area (TPSA) is 107 Å². The van der Waals surface area contributed by atoms with Crippen molar-refractivity contribution in [2.45, 2.75) is 18.9 Å². The number of aromatic nitrogens is 2. The Morgan fingerprint density at radius 3 is 2.92 bits per heavy atom. The van der Waals surface area contributed by atoms with Gasteiger partial charge in [-0.25, -0.2) is 9.78 Å². The van der Waals surface area contributed by atoms with Crippen molar-refractivity contribution in [1.29, 1.82) is 0 Å². The zero-order valence-electron chi connectivity index (χ0n) is 13.5. The van der Waals surface area contributed by atoms with Gasteiger partial charge in [0.1, 0.15) is 5.52 Å². The molecule has 2 amide bonds. The second-order valence-corrected chi connectivity index (χ2v) is 6.38. The summed E-state index contributed by atoms with van der Waals surface area (Å²) in [6, 6.07) is 2.68. The molecule has 9 heteroatoms. The Labute approximate surface area is 148 Å². The van der Waals surface area contributed by atoms with E-state index in [2.05, 4.69) is 9.97 Å². The van der Waals surface area contributed by atoms with Crippen molar-refractivity contribution in [3.05, 3.63) is 28.9 Å². The molecule has 25 heavy (non-hydrogen) atoms. The lowest BCUT2D eigenvalue weighted by Crippen LogP contribution is -2.43. The molecule has 1 saturated heterocycles. The minimum Gasteiger partial charge on any atom is -0.493 e. The molecule has 2 aromatic heterocycles. The molecule has 8 nitrogen and oxygen atoms in total. The van der Waals surface area contributed by atoms with Gasteiger partial charge in [0.2, 0.25) is 5.88 Å². The lowest BCUT2D eigenvalue weighted by Gasteiger charge is -2.27. The van der Waals surface area contributed by atoms with Gasteiger partial charge in [-0.05, 0) is 18.9 Å². The Morgan fingerprint density at radius 1 is 1.44 bits per heavy atom. The number of hydrogen-bond donors (Lipinski definition) is 2. The van der Waals surface area contributed by atoms with E-state index in [1.165, 1.54) is 22.1 Å². The molecule has 0 saturated carbocycles. The van der Waals surface area contributed by atoms with Gasteiger partial charge in [0.15, 0.2) is 0 Å². The monoisotopic (exact) mass is 364 g/mol. The fraction of sp³-hybridized carbons (Fsp3) is 0.375. The van der Waals surface area contributed by atoms with Gasteiger partial charge in [-0.2, -0.15) is 0 Å². The molecule has 2 N–H and O–H groups in total. The van der Waals surface area contributed by atoms with E-state index in [1.54, 1.807) is 13.1 Å². The second kappa shape index (κ2) is 6.72. The van der Waals surface area contributed by atoms with Crippen molar-refractivity contribution < 1.29 is 19.8 Å². The van der Waals surface area contributed by atoms with Crippen molar-refractivity contribution >= 4 is 34.6 Å². The summed E-state index contributed by atoms with van der Waals surface area (Å²) >= 11 is 6.15. The number of amides is 2. The van der Waals surface area contributed by atoms with Gasteiger partial charge in [0.25, 0.3) is 5.91 Å². The van der Waals surface area contributed by atoms with Gasteiger partial charge < -0.3 is 20.0 Å². The van der Waals surface area contributed by atoms with E-state index in [0.717, 1.165) is 6.42 Å². The summed E-state index contributed by atoms with van der Waals surface area (Å²) in [5.74, 6) is -0.631. The van der Waals surface area contributed by atoms with Crippen molar-refractivity contribution in [3.63, 3.8) is 0 Å². The average Bonchev–Trinajstić information content (AvgIpc) is 3.02. The molecule has 2 aromatic rings. The quantitative estimate of drug-likeness (QED) is 0.864. The standard InChI is InChI=1S/C16H17ClN4O4/c1-20(8-9-3-2-6-21(9)16(24)25)15(23)13-10(17)7-18-11-4-5-12(22)19-14(11)13/h4-5,7,9H,2-3,6,8H2,1H3,(H,19,22)(H,24,25)/t9-/m0/s1. The lowest BCUT2D eigenvalue weighted by molar-refractivity contribution is 0.0746. The minimum absolute atomic E-state index is 0.129. The largest absolute Gasteiger partial charge is 0.493 e. The van der Waals surface area contributed by atoms with Gasteiger partial charge in [-0.1, -0.05) is 11.6 Å². The Balaban J connectivity index is 1.90. The normalized spacial score (nSPS) is 17.0. The molecule has 0 bridgehead atoms. The number of fused-ring (bicyclic) bond motifs is 1. The summed E-state index contributed by atoms with van der Waals surface area (Å²) in [7, 11) is 1.59. The number of halogens is 1. The molecule has 0 spiro atoms. The van der Waals surface area contributed by atoms with E-state index >= 15 is 0 Å². The van der Waals surface area contributed by atoms with Crippen LogP contribution in [0.2, 0.25) is 5.02 Å². The predicted molar refractivity (Wildman–Crippen MR) is 90.9 cm³/mol. The zero-order valence-corrected chi connectivity index (χ0v) is 14.3. The third kappa shape index (κ3) is 3.30. The van der Waals surface area contributed by atoms with Crippen molar-refractivity contribution in [3.8, 4) is 5.88 Å². The Morgan fingerprint density at radius 2 is 2.20 bits per heavy atom. The molecule has 1 aliphatic rings. The number of carbonyl (C=O) groups excluding carboxylic acids is 1. The van der Waals surface area contributed by atoms with Crippen LogP contribution in [0.25, 0.3) is 11.0 Å². The molecule has 1 atom stereocenters. The summed E-state index contributed by atoms with van der Waals surface area (Å²) in [4.78, 5) is 35.0. The maximum Gasteiger partial charge on any atom is 0.407 e. The Bertz CT molecular complexity index is 839. The van der Waals surface area contributed by atoms with Gasteiger partial charge in [-0.15, -0.1) is 0 Å². The highest BCUT2D eigenvalue weighted by atomic mass is 35.5. The number of likely N-dealkylation sites (N-methyl/N-ethyl adjacent to an activating group) is 1. The van der Waals surface area contributed by atoms with E-state index in [4.69, 9.17) is 11.6 Å². The third-order valence-electron chi connectivity index (χ3n) is 4.32. The Hall–Kier alpha value is -2.61. The highest BCUT2D eigenvalue weighted by molar-refractivity contribution is 6.35. The number of carboxylic acid groups (broad SMARTS) is 1. The number of pyridine rings is 2. The van der Waals surface area contributed by atoms with Crippen LogP contribution < -0.4 is 0 Å². The van der Waals surface area contributed by atoms with Crippen LogP contribution in [0, 0.1) is 0 Å². The predicted octanol–water partition coefficient (Wildman–Crippen LogP) is 2.20. The van der Waals surface area contributed by atoms with Gasteiger partial charge in [0, 0.05) is 32.4 Å². The summed E-state index contributed by atoms with van der Waals surface area (Å²) < 4.78 is 0. The van der Waals surface area contributed by atoms with Gasteiger partial charge >= 0.3 is 6.09 Å². The van der Waals surface area contributed by atoms with Gasteiger partial charge in [0.05, 0.1) is 22.1 Å². The molecular weight excluding hydrogens is 348 g/mol. The first-order valence-corrected chi connectivity index (χ1v) is 8.15. The van der Waals surface area contributed by atoms with E-state index < -0.39 is 12.0 Å². The number of rotatable bonds is 3. The summed E-state index contributed by atoms with van der Waals surface area (Å²) in [6.07, 6.45) is 1.85. The van der Waals surface area contributed by atoms with E-state index in [1.807, 2.05) is 0 Å². The molecule has 1 aliphatic heterocycles. The highest BCUT2D eigenvalue weighted by Crippen LogP contribution is 2.26. The summed E-state index contributed by atoms with van der Waals surface area (Å²) in [6.45, 7) is 0.723. The SMILES string of the molecule is CN(C[C@@H]1CCCN1C(=O)O)C(=O)c1c(Cl)cnc2ccc(O)nc12. The number of likely N-dealkylation sites (tertiary alicyclic amines) is 1. The number of carbonyl (C=O) groups is 2. The summed E-state index contributed by atoms with van der Waals surface area (Å²) in [5, 5.41) is 19.0. The maximum absolute atomic E-state index is 12.9. The van der Waals surface area contributed by atoms with Crippen LogP contribution in [0.3, 0.4) is 0 Å². The van der Waals surface area contributed by atoms with E-state index in [0.29, 0.717) is 18.5 Å². The molecule has 0 unspecified atom stereocenters. The third-order valence-corrected chi connectivity index (χ3v) is 4.61. The van der Waals surface area contributed by atoms with E-state index in [-0.39, 0.29) is 34.6 Å². The molecule has 1 fully saturated rings. The van der Waals surface area contributed by atoms with Crippen LogP contribution in [0.1, 0.15) is 23.2 Å². The van der Waals surface area contributed by atoms with Crippen molar-refractivity contribution in [1.82, 2.24) is 19.8 Å². The van der Waals surface area contributed by atoms with Crippen LogP contribution in [0.4, 0.5) is 4.79 Å². The van der Waals surface area contributed by atoms with Crippen LogP contribution in [-0.4, -0.2) is 68.2 Å². The van der Waals surface area contributed by atoms with Gasteiger partial charge in [-0.3, -0.25) is 9.78 Å². The lowest BCUT2D eigenvalue weighted by atomic mass is 10.1. The molecule has 3 rings (SSSR count). The molecule has 0 radical (unpaired) electrons. The van der Waals surface area contributed by atoms with E-state index in [9.17, 15) is 19.8 Å². The van der Waals surface area contributed by atoms with Crippen molar-refractivity contribution in [2.75, 3.05) is 20.1 Å². The smallest absolute Gasteiger partial charge is 0.407 e. The minimum atomic E-state index is -0.984. The van der Waals surface area contributed by atoms with Crippen molar-refractivity contribution in [2.24, 2.45) is 0 Å². The number of nitrogens with zero attached hydrogens (tertiary/aromatic N) is 4. The second-order valence-electron chi connectivity index (χ2n) is 5.98. The highest BCUT2D eigenvalue weighted by Gasteiger charge is 2.31. The van der Waals surface area contributed by atoms with Crippen LogP contribution in [-0.2, 0) is 0 Å². The zero-order chi connectivity index (χ0) is 18.1. The molecule has 0 aliphatic carbocycles. The molecule has 3 heterocycles. The maximum atomic E-state index is 12.9. The average molecular weight is 365 g/mol. The first kappa shape index (κ1) is 17.2.